The second-order valence-electron chi connectivity index (χ2n) is 8.29. The molecular formula is C18H29ClF6N11O7P3. The molecule has 2 aromatic rings. The van der Waals surface area contributed by atoms with Crippen molar-refractivity contribution in [2.75, 3.05) is 26.2 Å². The summed E-state index contributed by atoms with van der Waals surface area (Å²) >= 11 is 0. The fraction of sp³-hybridized carbons (Fsp3) is 0.667. The van der Waals surface area contributed by atoms with Gasteiger partial charge in [-0.2, -0.15) is 36.2 Å². The van der Waals surface area contributed by atoms with Crippen LogP contribution in [0.4, 0.5) is 26.3 Å². The van der Waals surface area contributed by atoms with Crippen LogP contribution in [0.5, 0.6) is 0 Å². The third-order valence-corrected chi connectivity index (χ3v) is 5.25. The number of nitrogens with zero attached hydrogens (tertiary/aromatic N) is 9. The second-order valence-corrected chi connectivity index (χ2v) is 9.22. The van der Waals surface area contributed by atoms with E-state index in [0.717, 1.165) is 9.13 Å². The fourth-order valence-electron chi connectivity index (χ4n) is 3.41. The quantitative estimate of drug-likeness (QED) is 0.167. The van der Waals surface area contributed by atoms with Gasteiger partial charge in [0.05, 0.1) is 20.8 Å². The number of carbonyl (C=O) groups is 2. The Bertz CT molecular complexity index is 1340. The van der Waals surface area contributed by atoms with E-state index in [2.05, 4.69) is 39.8 Å². The average molecular weight is 758 g/mol. The smallest absolute Gasteiger partial charge is 0.451 e. The molecule has 0 bridgehead atoms. The van der Waals surface area contributed by atoms with Crippen LogP contribution in [0.15, 0.2) is 0 Å². The molecule has 2 unspecified atom stereocenters. The molecule has 2 aliphatic rings. The van der Waals surface area contributed by atoms with Crippen LogP contribution in [-0.4, -0.2) is 88.7 Å². The van der Waals surface area contributed by atoms with Crippen LogP contribution in [-0.2, 0) is 48.1 Å². The highest BCUT2D eigenvalue weighted by molar-refractivity contribution is 7.96. The van der Waals surface area contributed by atoms with E-state index in [1.165, 1.54) is 4.90 Å². The van der Waals surface area contributed by atoms with Gasteiger partial charge in [0, 0.05) is 44.1 Å². The first-order valence-corrected chi connectivity index (χ1v) is 14.4. The van der Waals surface area contributed by atoms with Gasteiger partial charge in [0.15, 0.2) is 7.24 Å². The number of alkyl halides is 6. The molecule has 18 nitrogen and oxygen atoms in total. The number of nitro groups is 2. The Morgan fingerprint density at radius 1 is 0.978 bits per heavy atom. The number of hydrogen-bond donors (Lipinski definition) is 3. The maximum absolute atomic E-state index is 12.6. The fourth-order valence-corrected chi connectivity index (χ4v) is 3.41. The minimum Gasteiger partial charge on any atom is -0.481 e. The summed E-state index contributed by atoms with van der Waals surface area (Å²) in [6.45, 7) is -0.00872. The van der Waals surface area contributed by atoms with Crippen molar-refractivity contribution in [3.63, 3.8) is 0 Å². The number of fused-ring (bicyclic) bond motifs is 2. The highest BCUT2D eigenvalue weighted by Crippen LogP contribution is 2.30. The number of carbonyl (C=O) groups excluding carboxylic acids is 1. The van der Waals surface area contributed by atoms with Crippen LogP contribution >= 0.6 is 39.2 Å². The summed E-state index contributed by atoms with van der Waals surface area (Å²) in [5, 5.41) is 46.4. The van der Waals surface area contributed by atoms with Gasteiger partial charge in [-0.1, -0.05) is 8.93 Å². The molecule has 262 valence electrons. The van der Waals surface area contributed by atoms with Crippen molar-refractivity contribution >= 4 is 51.1 Å². The first kappa shape index (κ1) is 40.8. The number of carboxylic acid groups (broad SMARTS) is 1. The lowest BCUT2D eigenvalue weighted by molar-refractivity contribution is -0.479. The maximum atomic E-state index is 12.6. The number of aromatic nitrogens is 6. The molecule has 3 N–H and O–H groups in total. The predicted octanol–water partition coefficient (Wildman–Crippen LogP) is 2.41. The summed E-state index contributed by atoms with van der Waals surface area (Å²) in [7, 11) is 4.65. The highest BCUT2D eigenvalue weighted by Gasteiger charge is 2.40. The van der Waals surface area contributed by atoms with Crippen LogP contribution in [0.1, 0.15) is 36.1 Å². The first-order valence-electron chi connectivity index (χ1n) is 12.9. The summed E-state index contributed by atoms with van der Waals surface area (Å²) < 4.78 is 88.3. The normalized spacial score (nSPS) is 13.9. The lowest BCUT2D eigenvalue weighted by atomic mass is 10.3. The molecule has 46 heavy (non-hydrogen) atoms. The summed E-state index contributed by atoms with van der Waals surface area (Å²) in [5.74, 6) is -3.24. The predicted molar refractivity (Wildman–Crippen MR) is 155 cm³/mol. The third-order valence-electron chi connectivity index (χ3n) is 5.25. The van der Waals surface area contributed by atoms with Crippen molar-refractivity contribution < 1.29 is 52.3 Å². The number of nitrogens with one attached hydrogen (secondary N) is 2. The monoisotopic (exact) mass is 757 g/mol. The van der Waals surface area contributed by atoms with Crippen molar-refractivity contribution in [1.82, 2.24) is 39.7 Å². The first-order chi connectivity index (χ1) is 21.9. The van der Waals surface area contributed by atoms with Gasteiger partial charge >= 0.3 is 18.3 Å². The summed E-state index contributed by atoms with van der Waals surface area (Å²) in [5.41, 5.74) is 0. The molecule has 0 spiro atoms. The Kier molecular flexibility index (Phi) is 18.5. The number of hydrogen-bond acceptors (Lipinski definition) is 12. The number of aliphatic carboxylic acids is 1. The molecule has 0 saturated heterocycles. The molecular weight excluding hydrogens is 725 g/mol. The van der Waals surface area contributed by atoms with Crippen molar-refractivity contribution in [2.45, 2.75) is 51.4 Å². The maximum Gasteiger partial charge on any atom is 0.451 e. The lowest BCUT2D eigenvalue weighted by Crippen LogP contribution is -2.39. The Hall–Kier alpha value is -3.19. The van der Waals surface area contributed by atoms with Gasteiger partial charge in [-0.25, -0.2) is 0 Å². The molecule has 1 amide bonds. The molecule has 0 radical (unpaired) electrons. The SMILES string of the molecule is Cl.FC(F)(F)c1nnc2n1CCNC2.O=C(CC[N+](=O)[O-])N1CCn2c(nnc2C(F)(F)F)C1.O=C(O)CC[N+](=O)[O-].[3H]N=PP.[3H]P. The topological polar surface area (TPSA) is 241 Å². The van der Waals surface area contributed by atoms with Gasteiger partial charge in [0.2, 0.25) is 30.6 Å². The molecule has 2 aliphatic heterocycles. The Balaban J connectivity index is 0. The molecule has 28 heteroatoms. The van der Waals surface area contributed by atoms with Crippen LogP contribution in [0.3, 0.4) is 0 Å². The molecule has 0 saturated carbocycles. The van der Waals surface area contributed by atoms with E-state index >= 15 is 0 Å². The minimum atomic E-state index is -4.59. The van der Waals surface area contributed by atoms with Gasteiger partial charge in [0.1, 0.15) is 12.2 Å². The molecule has 4 rings (SSSR count). The lowest BCUT2D eigenvalue weighted by Gasteiger charge is -2.27. The zero-order valence-corrected chi connectivity index (χ0v) is 27.2. The van der Waals surface area contributed by atoms with Gasteiger partial charge < -0.3 is 24.5 Å². The van der Waals surface area contributed by atoms with Crippen molar-refractivity contribution in [2.24, 2.45) is 0 Å². The van der Waals surface area contributed by atoms with E-state index < -0.39 is 65.2 Å². The van der Waals surface area contributed by atoms with Crippen LogP contribution in [0.25, 0.3) is 0 Å². The van der Waals surface area contributed by atoms with E-state index in [4.69, 9.17) is 7.80 Å². The zero-order chi connectivity index (χ0) is 36.4. The number of halogens is 7. The molecule has 0 fully saturated rings. The third kappa shape index (κ3) is 15.4. The Morgan fingerprint density at radius 2 is 1.46 bits per heavy atom. The molecule has 0 aromatic carbocycles. The van der Waals surface area contributed by atoms with Crippen LogP contribution < -0.4 is 5.32 Å². The van der Waals surface area contributed by atoms with Gasteiger partial charge in [-0.3, -0.25) is 35.0 Å². The molecule has 0 aliphatic carbocycles. The Labute approximate surface area is 270 Å². The highest BCUT2D eigenvalue weighted by atomic mass is 35.5. The molecule has 2 aromatic heterocycles. The van der Waals surface area contributed by atoms with Crippen molar-refractivity contribution in [1.29, 1.82) is 6.43 Å². The van der Waals surface area contributed by atoms with E-state index in [1.54, 1.807) is 9.84 Å². The average Bonchev–Trinajstić information content (AvgIpc) is 3.65. The van der Waals surface area contributed by atoms with Gasteiger partial charge in [-0.05, 0) is 0 Å². The van der Waals surface area contributed by atoms with E-state index in [-0.39, 0.29) is 50.8 Å². The van der Waals surface area contributed by atoms with Crippen molar-refractivity contribution in [3.05, 3.63) is 43.5 Å². The summed E-state index contributed by atoms with van der Waals surface area (Å²) in [4.78, 5) is 40.9. The summed E-state index contributed by atoms with van der Waals surface area (Å²) in [6.07, 6.45) is -9.67. The Morgan fingerprint density at radius 3 is 1.89 bits per heavy atom. The van der Waals surface area contributed by atoms with Crippen molar-refractivity contribution in [3.8, 4) is 0 Å². The number of amides is 1. The number of carboxylic acids is 1. The summed E-state index contributed by atoms with van der Waals surface area (Å²) in [6, 6.07) is 0. The van der Waals surface area contributed by atoms with E-state index in [0.29, 0.717) is 27.0 Å². The van der Waals surface area contributed by atoms with Gasteiger partial charge in [0.25, 0.3) is 0 Å². The largest absolute Gasteiger partial charge is 0.481 e. The van der Waals surface area contributed by atoms with Crippen LogP contribution in [0, 0.1) is 25.4 Å². The zero-order valence-electron chi connectivity index (χ0n) is 25.2. The standard InChI is InChI=1S/C9H10F3N5O3.C6H7F3N4.C3H5NO4.ClH.H3NP2.H3P/c10-9(11,12)8-14-13-6-5-15(3-4-16(6)8)7(18)1-2-17(19)20;7-6(8,9)5-12-11-4-3-10-1-2-13(4)5;5-3(6)1-2-4(7)8;;1-3-2;/h1-5H2;10H,1-3H2;1-2H2,(H,5,6);1H;1H,2H2;1H3/i;;;;;1T/hT. The van der Waals surface area contributed by atoms with Crippen LogP contribution in [0.2, 0.25) is 1.41 Å². The van der Waals surface area contributed by atoms with E-state index in [1.807, 2.05) is 0 Å². The van der Waals surface area contributed by atoms with Gasteiger partial charge in [-0.15, -0.1) is 32.8 Å². The minimum absolute atomic E-state index is 0. The number of rotatable bonds is 6. The molecule has 2 atom stereocenters. The van der Waals surface area contributed by atoms with E-state index in [9.17, 15) is 56.2 Å². The molecule has 4 heterocycles. The second kappa shape index (κ2) is 20.8.